The third-order valence-electron chi connectivity index (χ3n) is 5.18. The van der Waals surface area contributed by atoms with Gasteiger partial charge in [-0.1, -0.05) is 30.3 Å². The van der Waals surface area contributed by atoms with Gasteiger partial charge in [0.1, 0.15) is 5.69 Å². The van der Waals surface area contributed by atoms with Crippen LogP contribution < -0.4 is 0 Å². The summed E-state index contributed by atoms with van der Waals surface area (Å²) in [5.74, 6) is -0.434. The third kappa shape index (κ3) is 3.42. The number of benzene rings is 1. The fraction of sp³-hybridized carbons (Fsp3) is 0.364. The number of hydrogen-bond donors (Lipinski definition) is 0. The molecule has 0 radical (unpaired) electrons. The van der Waals surface area contributed by atoms with Crippen molar-refractivity contribution in [3.05, 3.63) is 70.6 Å². The quantitative estimate of drug-likeness (QED) is 0.599. The Labute approximate surface area is 160 Å². The van der Waals surface area contributed by atoms with Gasteiger partial charge in [-0.3, -0.25) is 4.79 Å². The first-order valence-corrected chi connectivity index (χ1v) is 9.33. The van der Waals surface area contributed by atoms with Crippen molar-refractivity contribution in [1.29, 1.82) is 0 Å². The first kappa shape index (κ1) is 19.0. The standard InChI is InChI=1S/C22H26N2O3/c1-5-12-24-16(4)19(15(3)20(24)22(26)27-6-2)21(25)23-13-11-17-9-7-8-10-18(17)14-23/h5,7-10H,1,6,11-14H2,2-4H3. The molecule has 1 aromatic carbocycles. The average molecular weight is 366 g/mol. The summed E-state index contributed by atoms with van der Waals surface area (Å²) < 4.78 is 7.04. The van der Waals surface area contributed by atoms with Gasteiger partial charge in [-0.15, -0.1) is 6.58 Å². The normalized spacial score (nSPS) is 13.2. The molecule has 2 aromatic rings. The fourth-order valence-electron chi connectivity index (χ4n) is 3.86. The van der Waals surface area contributed by atoms with Crippen molar-refractivity contribution < 1.29 is 14.3 Å². The van der Waals surface area contributed by atoms with Gasteiger partial charge < -0.3 is 14.2 Å². The fourth-order valence-corrected chi connectivity index (χ4v) is 3.86. The number of ether oxygens (including phenoxy) is 1. The highest BCUT2D eigenvalue weighted by molar-refractivity contribution is 6.01. The van der Waals surface area contributed by atoms with Crippen LogP contribution in [0.25, 0.3) is 0 Å². The van der Waals surface area contributed by atoms with Crippen LogP contribution in [-0.2, 0) is 24.2 Å². The molecular formula is C22H26N2O3. The maximum absolute atomic E-state index is 13.3. The number of fused-ring (bicyclic) bond motifs is 1. The van der Waals surface area contributed by atoms with Crippen LogP contribution in [0.4, 0.5) is 0 Å². The molecule has 5 nitrogen and oxygen atoms in total. The number of amides is 1. The summed E-state index contributed by atoms with van der Waals surface area (Å²) >= 11 is 0. The number of hydrogen-bond acceptors (Lipinski definition) is 3. The van der Waals surface area contributed by atoms with Gasteiger partial charge in [0.25, 0.3) is 5.91 Å². The van der Waals surface area contributed by atoms with Crippen molar-refractivity contribution in [3.63, 3.8) is 0 Å². The van der Waals surface area contributed by atoms with E-state index in [2.05, 4.69) is 18.7 Å². The smallest absolute Gasteiger partial charge is 0.355 e. The molecule has 2 heterocycles. The average Bonchev–Trinajstić information content (AvgIpc) is 2.91. The van der Waals surface area contributed by atoms with Gasteiger partial charge in [0.05, 0.1) is 12.2 Å². The maximum Gasteiger partial charge on any atom is 0.355 e. The summed E-state index contributed by atoms with van der Waals surface area (Å²) in [6.07, 6.45) is 2.57. The van der Waals surface area contributed by atoms with E-state index in [1.807, 2.05) is 35.4 Å². The highest BCUT2D eigenvalue weighted by Crippen LogP contribution is 2.27. The Hall–Kier alpha value is -2.82. The molecule has 0 N–H and O–H groups in total. The molecule has 0 saturated carbocycles. The van der Waals surface area contributed by atoms with E-state index in [4.69, 9.17) is 4.74 Å². The molecule has 0 bridgehead atoms. The molecule has 5 heteroatoms. The molecule has 1 aliphatic heterocycles. The van der Waals surface area contributed by atoms with Crippen LogP contribution in [0.2, 0.25) is 0 Å². The second-order valence-electron chi connectivity index (χ2n) is 6.80. The highest BCUT2D eigenvalue weighted by Gasteiger charge is 2.30. The van der Waals surface area contributed by atoms with Crippen LogP contribution in [0.1, 0.15) is 50.2 Å². The number of carbonyl (C=O) groups excluding carboxylic acids is 2. The van der Waals surface area contributed by atoms with Gasteiger partial charge in [0, 0.05) is 25.3 Å². The van der Waals surface area contributed by atoms with E-state index >= 15 is 0 Å². The van der Waals surface area contributed by atoms with Crippen LogP contribution in [-0.4, -0.2) is 34.5 Å². The third-order valence-corrected chi connectivity index (χ3v) is 5.18. The Bertz CT molecular complexity index is 895. The SMILES string of the molecule is C=CCn1c(C)c(C(=O)N2CCc3ccccc3C2)c(C)c1C(=O)OCC. The minimum atomic E-state index is -0.400. The van der Waals surface area contributed by atoms with Gasteiger partial charge in [0.2, 0.25) is 0 Å². The Morgan fingerprint density at radius 1 is 1.22 bits per heavy atom. The monoisotopic (exact) mass is 366 g/mol. The lowest BCUT2D eigenvalue weighted by atomic mass is 9.98. The lowest BCUT2D eigenvalue weighted by molar-refractivity contribution is 0.0513. The lowest BCUT2D eigenvalue weighted by Gasteiger charge is -2.29. The number of rotatable bonds is 5. The van der Waals surface area contributed by atoms with Crippen molar-refractivity contribution in [2.75, 3.05) is 13.2 Å². The zero-order chi connectivity index (χ0) is 19.6. The van der Waals surface area contributed by atoms with Crippen LogP contribution in [0.15, 0.2) is 36.9 Å². The summed E-state index contributed by atoms with van der Waals surface area (Å²) in [4.78, 5) is 27.7. The first-order chi connectivity index (χ1) is 13.0. The summed E-state index contributed by atoms with van der Waals surface area (Å²) in [6.45, 7) is 11.3. The maximum atomic E-state index is 13.3. The van der Waals surface area contributed by atoms with Gasteiger partial charge in [-0.05, 0) is 43.9 Å². The number of carbonyl (C=O) groups is 2. The Kier molecular flexibility index (Phi) is 5.49. The minimum Gasteiger partial charge on any atom is -0.461 e. The van der Waals surface area contributed by atoms with E-state index in [1.165, 1.54) is 11.1 Å². The van der Waals surface area contributed by atoms with E-state index in [0.29, 0.717) is 43.1 Å². The summed E-state index contributed by atoms with van der Waals surface area (Å²) in [5.41, 5.74) is 4.97. The zero-order valence-corrected chi connectivity index (χ0v) is 16.2. The largest absolute Gasteiger partial charge is 0.461 e. The molecule has 0 fully saturated rings. The van der Waals surface area contributed by atoms with Gasteiger partial charge >= 0.3 is 5.97 Å². The predicted octanol–water partition coefficient (Wildman–Crippen LogP) is 3.67. The van der Waals surface area contributed by atoms with E-state index in [9.17, 15) is 9.59 Å². The second-order valence-corrected chi connectivity index (χ2v) is 6.80. The van der Waals surface area contributed by atoms with Crippen LogP contribution >= 0.6 is 0 Å². The number of nitrogens with zero attached hydrogens (tertiary/aromatic N) is 2. The Balaban J connectivity index is 1.99. The van der Waals surface area contributed by atoms with E-state index < -0.39 is 5.97 Å². The lowest BCUT2D eigenvalue weighted by Crippen LogP contribution is -2.36. The first-order valence-electron chi connectivity index (χ1n) is 9.33. The second kappa shape index (κ2) is 7.82. The van der Waals surface area contributed by atoms with Crippen LogP contribution in [0.5, 0.6) is 0 Å². The number of esters is 1. The molecule has 27 heavy (non-hydrogen) atoms. The van der Waals surface area contributed by atoms with E-state index in [0.717, 1.165) is 12.1 Å². The van der Waals surface area contributed by atoms with Crippen molar-refractivity contribution in [1.82, 2.24) is 9.47 Å². The van der Waals surface area contributed by atoms with Crippen molar-refractivity contribution >= 4 is 11.9 Å². The number of allylic oxidation sites excluding steroid dienone is 1. The number of aromatic nitrogens is 1. The molecule has 1 amide bonds. The van der Waals surface area contributed by atoms with Gasteiger partial charge in [0.15, 0.2) is 0 Å². The summed E-state index contributed by atoms with van der Waals surface area (Å²) in [7, 11) is 0. The van der Waals surface area contributed by atoms with E-state index in [1.54, 1.807) is 13.0 Å². The topological polar surface area (TPSA) is 51.5 Å². The van der Waals surface area contributed by atoms with Crippen molar-refractivity contribution in [3.8, 4) is 0 Å². The highest BCUT2D eigenvalue weighted by atomic mass is 16.5. The molecule has 3 rings (SSSR count). The van der Waals surface area contributed by atoms with E-state index in [-0.39, 0.29) is 5.91 Å². The van der Waals surface area contributed by atoms with Gasteiger partial charge in [-0.2, -0.15) is 0 Å². The molecule has 0 aliphatic carbocycles. The van der Waals surface area contributed by atoms with Crippen molar-refractivity contribution in [2.45, 2.75) is 40.3 Å². The molecule has 0 saturated heterocycles. The molecule has 0 unspecified atom stereocenters. The Morgan fingerprint density at radius 2 is 1.93 bits per heavy atom. The van der Waals surface area contributed by atoms with Gasteiger partial charge in [-0.25, -0.2) is 4.79 Å². The van der Waals surface area contributed by atoms with Crippen LogP contribution in [0.3, 0.4) is 0 Å². The van der Waals surface area contributed by atoms with Crippen molar-refractivity contribution in [2.24, 2.45) is 0 Å². The summed E-state index contributed by atoms with van der Waals surface area (Å²) in [6, 6.07) is 8.23. The Morgan fingerprint density at radius 3 is 2.59 bits per heavy atom. The molecule has 0 atom stereocenters. The predicted molar refractivity (Wildman–Crippen MR) is 105 cm³/mol. The van der Waals surface area contributed by atoms with Crippen LogP contribution in [0, 0.1) is 13.8 Å². The summed E-state index contributed by atoms with van der Waals surface area (Å²) in [5, 5.41) is 0. The molecule has 1 aliphatic rings. The molecule has 142 valence electrons. The molecular weight excluding hydrogens is 340 g/mol. The molecule has 0 spiro atoms. The minimum absolute atomic E-state index is 0.0344. The zero-order valence-electron chi connectivity index (χ0n) is 16.2. The molecule has 1 aromatic heterocycles.